The van der Waals surface area contributed by atoms with Crippen molar-refractivity contribution in [1.82, 2.24) is 10.2 Å². The maximum Gasteiger partial charge on any atom is 0.365 e. The molecule has 2 atom stereocenters. The van der Waals surface area contributed by atoms with Crippen LogP contribution in [0.2, 0.25) is 0 Å². The highest BCUT2D eigenvalue weighted by Gasteiger charge is 2.55. The Morgan fingerprint density at radius 3 is 2.02 bits per heavy atom. The SMILES string of the molecule is CC(=O)OCC1=C(C(=O)OC(c2ccccc2)c2ccccc2)N2C(=O)[C@@H](NC(=O)C(=NOC(=O)c3ccc([N+](=O)[O-])cc3)c3ccccc3)[C@@H]2SC1. The van der Waals surface area contributed by atoms with Crippen LogP contribution in [0.15, 0.2) is 132 Å². The number of nitro benzene ring substituents is 1. The van der Waals surface area contributed by atoms with Gasteiger partial charge in [-0.05, 0) is 23.3 Å². The van der Waals surface area contributed by atoms with Crippen molar-refractivity contribution < 1.29 is 43.2 Å². The second-order valence-electron chi connectivity index (χ2n) is 11.7. The Labute approximate surface area is 306 Å². The molecule has 4 aromatic carbocycles. The summed E-state index contributed by atoms with van der Waals surface area (Å²) in [6.07, 6.45) is -0.828. The minimum Gasteiger partial charge on any atom is -0.461 e. The molecule has 0 unspecified atom stereocenters. The van der Waals surface area contributed by atoms with E-state index >= 15 is 0 Å². The number of non-ortho nitro benzene ring substituents is 1. The van der Waals surface area contributed by atoms with Crippen LogP contribution >= 0.6 is 11.8 Å². The molecule has 1 saturated heterocycles. The third-order valence-corrected chi connectivity index (χ3v) is 9.54. The van der Waals surface area contributed by atoms with Gasteiger partial charge in [-0.1, -0.05) is 96.2 Å². The molecule has 4 aromatic rings. The Hall–Kier alpha value is -6.61. The topological polar surface area (TPSA) is 184 Å². The van der Waals surface area contributed by atoms with E-state index in [9.17, 15) is 34.1 Å². The third-order valence-electron chi connectivity index (χ3n) is 8.20. The standard InChI is InChI=1S/C38H30N4O10S/c1-23(43)50-21-28-22-53-36-31(35(45)41(36)32(28)38(47)51-33(25-13-7-3-8-14-25)26-15-9-4-10-16-26)39-34(44)30(24-11-5-2-6-12-24)40-52-37(46)27-17-19-29(20-18-27)42(48)49/h2-20,31,33,36H,21-22H2,1H3,(H,39,44)/t31-,36+/m1/s1. The second-order valence-corrected chi connectivity index (χ2v) is 12.8. The number of fused-ring (bicyclic) bond motifs is 1. The predicted octanol–water partition coefficient (Wildman–Crippen LogP) is 4.71. The van der Waals surface area contributed by atoms with Crippen molar-refractivity contribution in [3.8, 4) is 0 Å². The molecule has 15 heteroatoms. The van der Waals surface area contributed by atoms with Crippen LogP contribution < -0.4 is 5.32 Å². The van der Waals surface area contributed by atoms with Gasteiger partial charge in [-0.2, -0.15) is 0 Å². The van der Waals surface area contributed by atoms with Crippen LogP contribution in [0.1, 0.15) is 40.1 Å². The summed E-state index contributed by atoms with van der Waals surface area (Å²) in [7, 11) is 0. The lowest BCUT2D eigenvalue weighted by Crippen LogP contribution is -2.71. The van der Waals surface area contributed by atoms with Crippen LogP contribution in [0.25, 0.3) is 0 Å². The summed E-state index contributed by atoms with van der Waals surface area (Å²) in [5.41, 5.74) is 1.31. The third kappa shape index (κ3) is 8.15. The van der Waals surface area contributed by atoms with Crippen LogP contribution in [-0.2, 0) is 33.5 Å². The monoisotopic (exact) mass is 734 g/mol. The van der Waals surface area contributed by atoms with E-state index in [4.69, 9.17) is 14.3 Å². The van der Waals surface area contributed by atoms with Gasteiger partial charge in [0.15, 0.2) is 11.8 Å². The van der Waals surface area contributed by atoms with Gasteiger partial charge < -0.3 is 19.6 Å². The number of esters is 2. The van der Waals surface area contributed by atoms with E-state index in [1.807, 2.05) is 60.7 Å². The molecule has 0 radical (unpaired) electrons. The van der Waals surface area contributed by atoms with Gasteiger partial charge in [0.05, 0.1) is 10.5 Å². The Bertz CT molecular complexity index is 2070. The first-order valence-electron chi connectivity index (χ1n) is 16.1. The van der Waals surface area contributed by atoms with Crippen LogP contribution in [0.5, 0.6) is 0 Å². The van der Waals surface area contributed by atoms with Crippen molar-refractivity contribution in [2.45, 2.75) is 24.4 Å². The van der Waals surface area contributed by atoms with Gasteiger partial charge in [-0.25, -0.2) is 9.59 Å². The number of nitro groups is 1. The molecule has 0 spiro atoms. The van der Waals surface area contributed by atoms with Gasteiger partial charge in [-0.3, -0.25) is 29.4 Å². The Morgan fingerprint density at radius 1 is 0.868 bits per heavy atom. The number of nitrogens with zero attached hydrogens (tertiary/aromatic N) is 3. The molecule has 2 heterocycles. The lowest BCUT2D eigenvalue weighted by molar-refractivity contribution is -0.384. The minimum absolute atomic E-state index is 0.0480. The summed E-state index contributed by atoms with van der Waals surface area (Å²) in [5.74, 6) is -3.68. The van der Waals surface area contributed by atoms with Crippen molar-refractivity contribution in [1.29, 1.82) is 0 Å². The second kappa shape index (κ2) is 16.2. The Balaban J connectivity index is 1.24. The molecule has 6 rings (SSSR count). The number of amides is 2. The van der Waals surface area contributed by atoms with Crippen molar-refractivity contribution in [2.75, 3.05) is 12.4 Å². The zero-order valence-corrected chi connectivity index (χ0v) is 28.8. The summed E-state index contributed by atoms with van der Waals surface area (Å²) in [5, 5.41) is 16.7. The molecule has 1 N–H and O–H groups in total. The molecule has 2 amide bonds. The fourth-order valence-electron chi connectivity index (χ4n) is 5.61. The molecule has 1 fully saturated rings. The molecule has 0 aromatic heterocycles. The number of benzene rings is 4. The number of oxime groups is 1. The van der Waals surface area contributed by atoms with Crippen LogP contribution in [0, 0.1) is 10.1 Å². The largest absolute Gasteiger partial charge is 0.461 e. The van der Waals surface area contributed by atoms with E-state index in [2.05, 4.69) is 10.5 Å². The lowest BCUT2D eigenvalue weighted by atomic mass is 10.0. The zero-order chi connectivity index (χ0) is 37.5. The van der Waals surface area contributed by atoms with Crippen molar-refractivity contribution in [3.05, 3.63) is 159 Å². The molecule has 53 heavy (non-hydrogen) atoms. The summed E-state index contributed by atoms with van der Waals surface area (Å²) >= 11 is 1.25. The quantitative estimate of drug-likeness (QED) is 0.0531. The smallest absolute Gasteiger partial charge is 0.365 e. The number of ether oxygens (including phenoxy) is 2. The molecular formula is C38H30N4O10S. The maximum atomic E-state index is 14.1. The zero-order valence-electron chi connectivity index (χ0n) is 27.9. The average Bonchev–Trinajstić information content (AvgIpc) is 3.18. The Kier molecular flexibility index (Phi) is 11.0. The van der Waals surface area contributed by atoms with E-state index in [0.717, 1.165) is 12.1 Å². The number of carbonyl (C=O) groups excluding carboxylic acids is 5. The highest BCUT2D eigenvalue weighted by molar-refractivity contribution is 8.00. The fraction of sp³-hybridized carbons (Fsp3) is 0.158. The van der Waals surface area contributed by atoms with Crippen LogP contribution in [-0.4, -0.2) is 69.0 Å². The van der Waals surface area contributed by atoms with E-state index in [-0.39, 0.29) is 40.6 Å². The van der Waals surface area contributed by atoms with Crippen LogP contribution in [0.4, 0.5) is 5.69 Å². The maximum absolute atomic E-state index is 14.1. The number of hydrogen-bond donors (Lipinski definition) is 1. The van der Waals surface area contributed by atoms with Gasteiger partial charge in [0.25, 0.3) is 17.5 Å². The molecule has 2 aliphatic heterocycles. The summed E-state index contributed by atoms with van der Waals surface area (Å²) in [4.78, 5) is 82.7. The number of nitrogens with one attached hydrogen (secondary N) is 1. The van der Waals surface area contributed by atoms with Gasteiger partial charge in [0.2, 0.25) is 0 Å². The van der Waals surface area contributed by atoms with Crippen LogP contribution in [0.3, 0.4) is 0 Å². The lowest BCUT2D eigenvalue weighted by Gasteiger charge is -2.49. The van der Waals surface area contributed by atoms with Gasteiger partial charge in [0, 0.05) is 35.9 Å². The van der Waals surface area contributed by atoms with Gasteiger partial charge in [0.1, 0.15) is 23.7 Å². The number of rotatable bonds is 12. The predicted molar refractivity (Wildman–Crippen MR) is 191 cm³/mol. The Morgan fingerprint density at radius 2 is 1.45 bits per heavy atom. The first kappa shape index (κ1) is 36.2. The first-order chi connectivity index (χ1) is 25.6. The minimum atomic E-state index is -1.12. The average molecular weight is 735 g/mol. The van der Waals surface area contributed by atoms with Gasteiger partial charge in [-0.15, -0.1) is 11.8 Å². The molecule has 268 valence electrons. The number of hydrogen-bond acceptors (Lipinski definition) is 12. The molecular weight excluding hydrogens is 705 g/mol. The van der Waals surface area contributed by atoms with Gasteiger partial charge >= 0.3 is 17.9 Å². The van der Waals surface area contributed by atoms with E-state index in [0.29, 0.717) is 16.7 Å². The normalized spacial score (nSPS) is 16.6. The molecule has 0 bridgehead atoms. The summed E-state index contributed by atoms with van der Waals surface area (Å²) in [6, 6.07) is 29.8. The van der Waals surface area contributed by atoms with E-state index < -0.39 is 52.2 Å². The van der Waals surface area contributed by atoms with E-state index in [1.54, 1.807) is 30.3 Å². The molecule has 14 nitrogen and oxygen atoms in total. The van der Waals surface area contributed by atoms with E-state index in [1.165, 1.54) is 35.7 Å². The number of β-lactam (4-membered cyclic amide) rings is 1. The van der Waals surface area contributed by atoms with Crippen molar-refractivity contribution in [2.24, 2.45) is 5.16 Å². The number of carbonyl (C=O) groups is 5. The van der Waals surface area contributed by atoms with Crippen molar-refractivity contribution >= 4 is 52.9 Å². The highest BCUT2D eigenvalue weighted by Crippen LogP contribution is 2.42. The fourth-order valence-corrected chi connectivity index (χ4v) is 6.94. The number of thioether (sulfide) groups is 1. The first-order valence-corrected chi connectivity index (χ1v) is 17.2. The highest BCUT2D eigenvalue weighted by atomic mass is 32.2. The molecule has 0 aliphatic carbocycles. The molecule has 2 aliphatic rings. The summed E-state index contributed by atoms with van der Waals surface area (Å²) < 4.78 is 11.3. The molecule has 0 saturated carbocycles. The van der Waals surface area contributed by atoms with Crippen molar-refractivity contribution in [3.63, 3.8) is 0 Å². The summed E-state index contributed by atoms with van der Waals surface area (Å²) in [6.45, 7) is 0.972.